The number of rotatable bonds is 2. The molecule has 0 radical (unpaired) electrons. The van der Waals surface area contributed by atoms with E-state index in [1.807, 2.05) is 42.6 Å². The molecule has 0 amide bonds. The Kier molecular flexibility index (Phi) is 3.24. The van der Waals surface area contributed by atoms with Gasteiger partial charge in [-0.1, -0.05) is 29.8 Å². The predicted octanol–water partition coefficient (Wildman–Crippen LogP) is 3.90. The molecule has 1 aromatic carbocycles. The smallest absolute Gasteiger partial charge is 0.113 e. The molecule has 0 saturated heterocycles. The lowest BCUT2D eigenvalue weighted by Gasteiger charge is -2.09. The van der Waals surface area contributed by atoms with Crippen LogP contribution in [0.25, 0.3) is 0 Å². The molecule has 1 heterocycles. The largest absolute Gasteiger partial charge is 0.383 e. The van der Waals surface area contributed by atoms with E-state index < -0.39 is 6.10 Å². The van der Waals surface area contributed by atoms with Gasteiger partial charge in [0, 0.05) is 14.7 Å². The number of aliphatic hydroxyl groups excluding tert-OH is 1. The lowest BCUT2D eigenvalue weighted by Crippen LogP contribution is -1.96. The molecule has 78 valence electrons. The van der Waals surface area contributed by atoms with Crippen LogP contribution in [0.15, 0.2) is 40.2 Å². The minimum absolute atomic E-state index is 0.513. The molecule has 0 aliphatic heterocycles. The van der Waals surface area contributed by atoms with E-state index in [1.165, 1.54) is 5.56 Å². The van der Waals surface area contributed by atoms with Crippen molar-refractivity contribution in [2.75, 3.05) is 0 Å². The molecule has 0 fully saturated rings. The molecule has 0 bridgehead atoms. The van der Waals surface area contributed by atoms with Gasteiger partial charge in [0.25, 0.3) is 0 Å². The summed E-state index contributed by atoms with van der Waals surface area (Å²) < 4.78 is 1.02. The van der Waals surface area contributed by atoms with Crippen molar-refractivity contribution in [3.63, 3.8) is 0 Å². The van der Waals surface area contributed by atoms with Crippen LogP contribution in [-0.2, 0) is 0 Å². The first kappa shape index (κ1) is 10.9. The molecular formula is C12H11BrOS. The van der Waals surface area contributed by atoms with E-state index >= 15 is 0 Å². The Morgan fingerprint density at radius 3 is 2.73 bits per heavy atom. The van der Waals surface area contributed by atoms with E-state index in [4.69, 9.17) is 0 Å². The average molecular weight is 283 g/mol. The maximum absolute atomic E-state index is 10.1. The second-order valence-corrected chi connectivity index (χ2v) is 5.34. The number of thiophene rings is 1. The number of hydrogen-bond acceptors (Lipinski definition) is 2. The molecule has 2 rings (SSSR count). The SMILES string of the molecule is Cc1cccc(C(O)c2cc(Br)cs2)c1. The first-order valence-corrected chi connectivity index (χ1v) is 6.32. The van der Waals surface area contributed by atoms with Crippen molar-refractivity contribution in [3.8, 4) is 0 Å². The zero-order chi connectivity index (χ0) is 10.8. The molecule has 1 aromatic heterocycles. The summed E-state index contributed by atoms with van der Waals surface area (Å²) in [6.07, 6.45) is -0.513. The molecule has 0 aliphatic rings. The van der Waals surface area contributed by atoms with Crippen molar-refractivity contribution < 1.29 is 5.11 Å². The van der Waals surface area contributed by atoms with Gasteiger partial charge in [0.1, 0.15) is 6.10 Å². The van der Waals surface area contributed by atoms with Gasteiger partial charge in [-0.05, 0) is 34.5 Å². The molecule has 1 atom stereocenters. The quantitative estimate of drug-likeness (QED) is 0.886. The van der Waals surface area contributed by atoms with E-state index in [9.17, 15) is 5.11 Å². The third-order valence-corrected chi connectivity index (χ3v) is 3.96. The zero-order valence-electron chi connectivity index (χ0n) is 8.27. The van der Waals surface area contributed by atoms with Gasteiger partial charge in [-0.3, -0.25) is 0 Å². The lowest BCUT2D eigenvalue weighted by molar-refractivity contribution is 0.224. The molecule has 15 heavy (non-hydrogen) atoms. The molecule has 1 N–H and O–H groups in total. The third kappa shape index (κ3) is 2.48. The monoisotopic (exact) mass is 282 g/mol. The van der Waals surface area contributed by atoms with E-state index in [-0.39, 0.29) is 0 Å². The normalized spacial score (nSPS) is 12.7. The fraction of sp³-hybridized carbons (Fsp3) is 0.167. The highest BCUT2D eigenvalue weighted by Crippen LogP contribution is 2.30. The Bertz CT molecular complexity index is 464. The van der Waals surface area contributed by atoms with Crippen LogP contribution >= 0.6 is 27.3 Å². The molecule has 0 spiro atoms. The fourth-order valence-electron chi connectivity index (χ4n) is 1.48. The Morgan fingerprint density at radius 2 is 2.13 bits per heavy atom. The van der Waals surface area contributed by atoms with Gasteiger partial charge >= 0.3 is 0 Å². The van der Waals surface area contributed by atoms with Crippen molar-refractivity contribution in [3.05, 3.63) is 56.2 Å². The average Bonchev–Trinajstić information content (AvgIpc) is 2.64. The van der Waals surface area contributed by atoms with Gasteiger partial charge in [0.2, 0.25) is 0 Å². The number of benzene rings is 1. The Labute approximate surface area is 102 Å². The van der Waals surface area contributed by atoms with Gasteiger partial charge in [0.05, 0.1) is 0 Å². The van der Waals surface area contributed by atoms with Gasteiger partial charge in [-0.25, -0.2) is 0 Å². The predicted molar refractivity (Wildman–Crippen MR) is 67.3 cm³/mol. The lowest BCUT2D eigenvalue weighted by atomic mass is 10.1. The van der Waals surface area contributed by atoms with Crippen molar-refractivity contribution in [2.45, 2.75) is 13.0 Å². The van der Waals surface area contributed by atoms with Crippen LogP contribution in [0.1, 0.15) is 22.1 Å². The molecule has 2 aromatic rings. The van der Waals surface area contributed by atoms with Crippen LogP contribution in [0.4, 0.5) is 0 Å². The third-order valence-electron chi connectivity index (χ3n) is 2.22. The summed E-state index contributed by atoms with van der Waals surface area (Å²) in [6, 6.07) is 9.92. The van der Waals surface area contributed by atoms with Crippen LogP contribution in [0.2, 0.25) is 0 Å². The molecule has 0 saturated carbocycles. The van der Waals surface area contributed by atoms with E-state index in [0.29, 0.717) is 0 Å². The van der Waals surface area contributed by atoms with Crippen molar-refractivity contribution in [2.24, 2.45) is 0 Å². The summed E-state index contributed by atoms with van der Waals surface area (Å²) in [7, 11) is 0. The summed E-state index contributed by atoms with van der Waals surface area (Å²) in [5.41, 5.74) is 2.12. The minimum atomic E-state index is -0.513. The topological polar surface area (TPSA) is 20.2 Å². The van der Waals surface area contributed by atoms with Gasteiger partial charge in [0.15, 0.2) is 0 Å². The van der Waals surface area contributed by atoms with E-state index in [2.05, 4.69) is 15.9 Å². The van der Waals surface area contributed by atoms with Crippen molar-refractivity contribution in [1.29, 1.82) is 0 Å². The van der Waals surface area contributed by atoms with Gasteiger partial charge in [-0.2, -0.15) is 0 Å². The van der Waals surface area contributed by atoms with Crippen LogP contribution in [0, 0.1) is 6.92 Å². The van der Waals surface area contributed by atoms with Crippen LogP contribution < -0.4 is 0 Å². The fourth-order valence-corrected chi connectivity index (χ4v) is 2.93. The number of aryl methyl sites for hydroxylation is 1. The number of aliphatic hydroxyl groups is 1. The first-order valence-electron chi connectivity index (χ1n) is 4.65. The molecule has 3 heteroatoms. The second-order valence-electron chi connectivity index (χ2n) is 3.48. The number of hydrogen-bond donors (Lipinski definition) is 1. The highest BCUT2D eigenvalue weighted by Gasteiger charge is 2.12. The summed E-state index contributed by atoms with van der Waals surface area (Å²) >= 11 is 4.95. The summed E-state index contributed by atoms with van der Waals surface area (Å²) in [5, 5.41) is 12.1. The van der Waals surface area contributed by atoms with Gasteiger partial charge < -0.3 is 5.11 Å². The maximum Gasteiger partial charge on any atom is 0.113 e. The van der Waals surface area contributed by atoms with Crippen molar-refractivity contribution in [1.82, 2.24) is 0 Å². The summed E-state index contributed by atoms with van der Waals surface area (Å²) in [4.78, 5) is 0.965. The Morgan fingerprint density at radius 1 is 1.33 bits per heavy atom. The standard InChI is InChI=1S/C12H11BrOS/c1-8-3-2-4-9(5-8)12(14)11-6-10(13)7-15-11/h2-7,12,14H,1H3. The van der Waals surface area contributed by atoms with Crippen LogP contribution in [-0.4, -0.2) is 5.11 Å². The highest BCUT2D eigenvalue weighted by molar-refractivity contribution is 9.10. The minimum Gasteiger partial charge on any atom is -0.383 e. The highest BCUT2D eigenvalue weighted by atomic mass is 79.9. The molecule has 0 aliphatic carbocycles. The zero-order valence-corrected chi connectivity index (χ0v) is 10.7. The first-order chi connectivity index (χ1) is 7.16. The molecule has 1 unspecified atom stereocenters. The van der Waals surface area contributed by atoms with Gasteiger partial charge in [-0.15, -0.1) is 11.3 Å². The molecule has 1 nitrogen and oxygen atoms in total. The second kappa shape index (κ2) is 4.47. The van der Waals surface area contributed by atoms with Crippen molar-refractivity contribution >= 4 is 27.3 Å². The Hall–Kier alpha value is -0.640. The number of halogens is 1. The van der Waals surface area contributed by atoms with Crippen LogP contribution in [0.3, 0.4) is 0 Å². The summed E-state index contributed by atoms with van der Waals surface area (Å²) in [6.45, 7) is 2.03. The molecular weight excluding hydrogens is 272 g/mol. The van der Waals surface area contributed by atoms with Crippen LogP contribution in [0.5, 0.6) is 0 Å². The summed E-state index contributed by atoms with van der Waals surface area (Å²) in [5.74, 6) is 0. The van der Waals surface area contributed by atoms with E-state index in [0.717, 1.165) is 14.9 Å². The Balaban J connectivity index is 2.32. The van der Waals surface area contributed by atoms with E-state index in [1.54, 1.807) is 11.3 Å². The maximum atomic E-state index is 10.1.